The Morgan fingerprint density at radius 3 is 2.57 bits per heavy atom. The molecule has 0 aliphatic rings. The fourth-order valence-electron chi connectivity index (χ4n) is 2.04. The molecule has 0 spiro atoms. The molecule has 1 rings (SSSR count). The number of nitrogens with zero attached hydrogens (tertiary/aromatic N) is 1. The summed E-state index contributed by atoms with van der Waals surface area (Å²) in [5.41, 5.74) is 1.65. The first kappa shape index (κ1) is 16.9. The minimum atomic E-state index is -0.872. The first-order valence-corrected chi connectivity index (χ1v) is 6.84. The van der Waals surface area contributed by atoms with Crippen molar-refractivity contribution in [2.24, 2.45) is 0 Å². The van der Waals surface area contributed by atoms with Crippen LogP contribution >= 0.6 is 0 Å². The van der Waals surface area contributed by atoms with Crippen molar-refractivity contribution in [2.75, 3.05) is 19.7 Å². The number of benzene rings is 1. The summed E-state index contributed by atoms with van der Waals surface area (Å²) in [4.78, 5) is 24.3. The van der Waals surface area contributed by atoms with Crippen molar-refractivity contribution in [1.29, 1.82) is 0 Å². The van der Waals surface area contributed by atoms with E-state index < -0.39 is 5.97 Å². The molecular formula is C16H21NO4. The fourth-order valence-corrected chi connectivity index (χ4v) is 2.04. The zero-order chi connectivity index (χ0) is 15.7. The van der Waals surface area contributed by atoms with Crippen LogP contribution in [0.3, 0.4) is 0 Å². The Labute approximate surface area is 124 Å². The van der Waals surface area contributed by atoms with Crippen LogP contribution in [0.4, 0.5) is 0 Å². The van der Waals surface area contributed by atoms with E-state index in [2.05, 4.69) is 6.58 Å². The Hall–Kier alpha value is -2.14. The van der Waals surface area contributed by atoms with Crippen molar-refractivity contribution in [2.45, 2.75) is 19.9 Å². The molecule has 0 fully saturated rings. The van der Waals surface area contributed by atoms with Crippen LogP contribution in [0.25, 0.3) is 0 Å². The number of aliphatic carboxylic acids is 1. The lowest BCUT2D eigenvalue weighted by molar-refractivity contribution is -0.144. The highest BCUT2D eigenvalue weighted by atomic mass is 16.5. The van der Waals surface area contributed by atoms with E-state index in [1.807, 2.05) is 23.1 Å². The van der Waals surface area contributed by atoms with Gasteiger partial charge in [0.1, 0.15) is 0 Å². The number of esters is 1. The summed E-state index contributed by atoms with van der Waals surface area (Å²) in [5.74, 6) is -1.17. The van der Waals surface area contributed by atoms with E-state index in [4.69, 9.17) is 9.84 Å². The average Bonchev–Trinajstić information content (AvgIpc) is 2.41. The smallest absolute Gasteiger partial charge is 0.320 e. The van der Waals surface area contributed by atoms with E-state index in [1.54, 1.807) is 19.1 Å². The Bertz CT molecular complexity index is 499. The third kappa shape index (κ3) is 6.23. The standard InChI is InChI=1S/C16H21NO4/c1-3-9-17(12-16(20)21-4-2)11-14-8-6-5-7-13(14)10-15(18)19/h3,5-8H,1,4,9-12H2,2H3,(H,18,19). The number of carboxylic acids is 1. The first-order chi connectivity index (χ1) is 10.1. The van der Waals surface area contributed by atoms with Crippen LogP contribution in [0.15, 0.2) is 36.9 Å². The van der Waals surface area contributed by atoms with Crippen LogP contribution in [-0.2, 0) is 27.3 Å². The maximum absolute atomic E-state index is 11.6. The van der Waals surface area contributed by atoms with Crippen LogP contribution in [0, 0.1) is 0 Å². The Kier molecular flexibility index (Phi) is 7.18. The van der Waals surface area contributed by atoms with Gasteiger partial charge in [0.25, 0.3) is 0 Å². The molecule has 0 aliphatic heterocycles. The second kappa shape index (κ2) is 8.92. The minimum Gasteiger partial charge on any atom is -0.481 e. The molecule has 0 amide bonds. The number of ether oxygens (including phenoxy) is 1. The average molecular weight is 291 g/mol. The SMILES string of the molecule is C=CCN(CC(=O)OCC)Cc1ccccc1CC(=O)O. The Balaban J connectivity index is 2.80. The van der Waals surface area contributed by atoms with Crippen molar-refractivity contribution < 1.29 is 19.4 Å². The molecule has 0 unspecified atom stereocenters. The van der Waals surface area contributed by atoms with Gasteiger partial charge in [-0.3, -0.25) is 14.5 Å². The number of carboxylic acid groups (broad SMARTS) is 1. The second-order valence-electron chi connectivity index (χ2n) is 4.60. The number of carbonyl (C=O) groups is 2. The van der Waals surface area contributed by atoms with Gasteiger partial charge < -0.3 is 9.84 Å². The monoisotopic (exact) mass is 291 g/mol. The van der Waals surface area contributed by atoms with Crippen LogP contribution in [-0.4, -0.2) is 41.6 Å². The van der Waals surface area contributed by atoms with Crippen molar-refractivity contribution in [1.82, 2.24) is 4.90 Å². The lowest BCUT2D eigenvalue weighted by Crippen LogP contribution is -2.31. The summed E-state index contributed by atoms with van der Waals surface area (Å²) in [6, 6.07) is 7.33. The van der Waals surface area contributed by atoms with E-state index in [-0.39, 0.29) is 18.9 Å². The first-order valence-electron chi connectivity index (χ1n) is 6.84. The van der Waals surface area contributed by atoms with Gasteiger partial charge in [-0.2, -0.15) is 0 Å². The molecule has 0 saturated heterocycles. The summed E-state index contributed by atoms with van der Waals surface area (Å²) < 4.78 is 4.94. The Morgan fingerprint density at radius 2 is 2.00 bits per heavy atom. The lowest BCUT2D eigenvalue weighted by Gasteiger charge is -2.21. The van der Waals surface area contributed by atoms with Gasteiger partial charge in [-0.1, -0.05) is 30.3 Å². The van der Waals surface area contributed by atoms with Gasteiger partial charge in [-0.05, 0) is 18.1 Å². The molecule has 0 radical (unpaired) electrons. The molecule has 1 aromatic rings. The number of rotatable bonds is 9. The van der Waals surface area contributed by atoms with E-state index in [1.165, 1.54) is 0 Å². The molecule has 21 heavy (non-hydrogen) atoms. The van der Waals surface area contributed by atoms with Crippen LogP contribution in [0.5, 0.6) is 0 Å². The molecule has 5 nitrogen and oxygen atoms in total. The summed E-state index contributed by atoms with van der Waals surface area (Å²) in [5, 5.41) is 8.94. The van der Waals surface area contributed by atoms with E-state index >= 15 is 0 Å². The van der Waals surface area contributed by atoms with Gasteiger partial charge >= 0.3 is 11.9 Å². The summed E-state index contributed by atoms with van der Waals surface area (Å²) in [6.07, 6.45) is 1.68. The minimum absolute atomic E-state index is 0.0302. The molecule has 5 heteroatoms. The number of hydrogen-bond donors (Lipinski definition) is 1. The normalized spacial score (nSPS) is 10.4. The number of hydrogen-bond acceptors (Lipinski definition) is 4. The topological polar surface area (TPSA) is 66.8 Å². The van der Waals surface area contributed by atoms with Gasteiger partial charge in [0, 0.05) is 13.1 Å². The highest BCUT2D eigenvalue weighted by molar-refractivity contribution is 5.72. The van der Waals surface area contributed by atoms with Crippen LogP contribution in [0.1, 0.15) is 18.1 Å². The van der Waals surface area contributed by atoms with Crippen molar-refractivity contribution >= 4 is 11.9 Å². The van der Waals surface area contributed by atoms with Crippen LogP contribution in [0.2, 0.25) is 0 Å². The highest BCUT2D eigenvalue weighted by Gasteiger charge is 2.13. The number of carbonyl (C=O) groups excluding carboxylic acids is 1. The molecule has 1 N–H and O–H groups in total. The molecule has 0 aliphatic carbocycles. The van der Waals surface area contributed by atoms with Crippen molar-refractivity contribution in [3.63, 3.8) is 0 Å². The molecular weight excluding hydrogens is 270 g/mol. The van der Waals surface area contributed by atoms with Crippen molar-refractivity contribution in [3.05, 3.63) is 48.0 Å². The molecule has 114 valence electrons. The largest absolute Gasteiger partial charge is 0.481 e. The highest BCUT2D eigenvalue weighted by Crippen LogP contribution is 2.13. The maximum Gasteiger partial charge on any atom is 0.320 e. The maximum atomic E-state index is 11.6. The molecule has 0 bridgehead atoms. The van der Waals surface area contributed by atoms with E-state index in [0.717, 1.165) is 11.1 Å². The van der Waals surface area contributed by atoms with Crippen molar-refractivity contribution in [3.8, 4) is 0 Å². The predicted molar refractivity (Wildman–Crippen MR) is 79.9 cm³/mol. The molecule has 1 aromatic carbocycles. The molecule has 0 aromatic heterocycles. The second-order valence-corrected chi connectivity index (χ2v) is 4.60. The molecule has 0 atom stereocenters. The third-order valence-corrected chi connectivity index (χ3v) is 2.90. The van der Waals surface area contributed by atoms with E-state index in [9.17, 15) is 9.59 Å². The molecule has 0 heterocycles. The fraction of sp³-hybridized carbons (Fsp3) is 0.375. The summed E-state index contributed by atoms with van der Waals surface area (Å²) in [6.45, 7) is 6.95. The third-order valence-electron chi connectivity index (χ3n) is 2.90. The van der Waals surface area contributed by atoms with Gasteiger partial charge in [-0.15, -0.1) is 6.58 Å². The Morgan fingerprint density at radius 1 is 1.33 bits per heavy atom. The van der Waals surface area contributed by atoms with E-state index in [0.29, 0.717) is 19.7 Å². The van der Waals surface area contributed by atoms with Gasteiger partial charge in [0.2, 0.25) is 0 Å². The van der Waals surface area contributed by atoms with Gasteiger partial charge in [0.15, 0.2) is 0 Å². The zero-order valence-corrected chi connectivity index (χ0v) is 12.2. The van der Waals surface area contributed by atoms with Gasteiger partial charge in [0.05, 0.1) is 19.6 Å². The van der Waals surface area contributed by atoms with Crippen LogP contribution < -0.4 is 0 Å². The summed E-state index contributed by atoms with van der Waals surface area (Å²) in [7, 11) is 0. The predicted octanol–water partition coefficient (Wildman–Crippen LogP) is 1.86. The lowest BCUT2D eigenvalue weighted by atomic mass is 10.0. The molecule has 0 saturated carbocycles. The summed E-state index contributed by atoms with van der Waals surface area (Å²) >= 11 is 0. The van der Waals surface area contributed by atoms with Gasteiger partial charge in [-0.25, -0.2) is 0 Å². The quantitative estimate of drug-likeness (QED) is 0.555. The zero-order valence-electron chi connectivity index (χ0n) is 12.2.